The third-order valence-electron chi connectivity index (χ3n) is 8.14. The van der Waals surface area contributed by atoms with E-state index < -0.39 is 14.4 Å². The molecule has 9 heteroatoms. The lowest BCUT2D eigenvalue weighted by Gasteiger charge is -2.36. The van der Waals surface area contributed by atoms with E-state index in [4.69, 9.17) is 32.8 Å². The molecule has 0 radical (unpaired) electrons. The van der Waals surface area contributed by atoms with Crippen molar-refractivity contribution < 1.29 is 38.0 Å². The van der Waals surface area contributed by atoms with Crippen LogP contribution in [0.5, 0.6) is 5.75 Å². The van der Waals surface area contributed by atoms with Crippen molar-refractivity contribution in [2.24, 2.45) is 5.92 Å². The van der Waals surface area contributed by atoms with Gasteiger partial charge in [-0.3, -0.25) is 0 Å². The van der Waals surface area contributed by atoms with Crippen molar-refractivity contribution in [1.82, 2.24) is 0 Å². The molecule has 0 aliphatic carbocycles. The number of benzene rings is 1. The Kier molecular flexibility index (Phi) is 18.0. The average molecular weight is 611 g/mol. The van der Waals surface area contributed by atoms with Gasteiger partial charge in [-0.25, -0.2) is 0 Å². The summed E-state index contributed by atoms with van der Waals surface area (Å²) in [5.41, 5.74) is 3.09. The molecule has 42 heavy (non-hydrogen) atoms. The van der Waals surface area contributed by atoms with E-state index in [9.17, 15) is 5.11 Å². The van der Waals surface area contributed by atoms with Crippen LogP contribution in [-0.2, 0) is 34.7 Å². The van der Waals surface area contributed by atoms with Gasteiger partial charge < -0.3 is 38.0 Å². The van der Waals surface area contributed by atoms with Gasteiger partial charge in [0.15, 0.2) is 8.32 Å². The highest BCUT2D eigenvalue weighted by Gasteiger charge is 2.37. The molecule has 0 unspecified atom stereocenters. The molecule has 242 valence electrons. The molecule has 4 atom stereocenters. The van der Waals surface area contributed by atoms with E-state index in [0.29, 0.717) is 39.5 Å². The zero-order valence-electron chi connectivity index (χ0n) is 28.0. The van der Waals surface area contributed by atoms with E-state index in [2.05, 4.69) is 39.9 Å². The topological polar surface area (TPSA) is 84.8 Å². The Morgan fingerprint density at radius 1 is 0.929 bits per heavy atom. The Bertz CT molecular complexity index is 923. The van der Waals surface area contributed by atoms with Crippen LogP contribution in [0.15, 0.2) is 47.6 Å². The fraction of sp³-hybridized carbons (Fsp3) is 0.697. The maximum Gasteiger partial charge on any atom is 0.192 e. The van der Waals surface area contributed by atoms with Crippen LogP contribution in [-0.4, -0.2) is 86.3 Å². The number of aliphatic hydroxyl groups is 1. The number of ether oxygens (including phenoxy) is 6. The molecule has 8 nitrogen and oxygen atoms in total. The summed E-state index contributed by atoms with van der Waals surface area (Å²) in [6.07, 6.45) is 3.21. The van der Waals surface area contributed by atoms with Crippen LogP contribution in [0.25, 0.3) is 0 Å². The molecule has 0 aliphatic rings. The minimum atomic E-state index is -1.88. The van der Waals surface area contributed by atoms with E-state index in [0.717, 1.165) is 22.5 Å². The molecule has 0 aromatic heterocycles. The normalized spacial score (nSPS) is 16.3. The van der Waals surface area contributed by atoms with Gasteiger partial charge in [0.25, 0.3) is 0 Å². The number of hydrogen-bond donors (Lipinski definition) is 1. The Hall–Kier alpha value is -1.56. The zero-order valence-corrected chi connectivity index (χ0v) is 29.0. The van der Waals surface area contributed by atoms with Crippen molar-refractivity contribution in [3.05, 3.63) is 53.1 Å². The Morgan fingerprint density at radius 3 is 2.14 bits per heavy atom. The Balaban J connectivity index is 2.83. The van der Waals surface area contributed by atoms with Crippen molar-refractivity contribution >= 4 is 8.32 Å². The van der Waals surface area contributed by atoms with Gasteiger partial charge in [0, 0.05) is 26.6 Å². The molecule has 0 saturated carbocycles. The molecule has 0 heterocycles. The van der Waals surface area contributed by atoms with E-state index in [1.807, 2.05) is 51.1 Å². The van der Waals surface area contributed by atoms with Gasteiger partial charge in [-0.05, 0) is 60.8 Å². The Morgan fingerprint density at radius 2 is 1.57 bits per heavy atom. The van der Waals surface area contributed by atoms with Gasteiger partial charge >= 0.3 is 0 Å². The van der Waals surface area contributed by atoms with Crippen molar-refractivity contribution in [3.63, 3.8) is 0 Å². The minimum absolute atomic E-state index is 0.113. The van der Waals surface area contributed by atoms with Gasteiger partial charge in [-0.1, -0.05) is 52.0 Å². The molecule has 1 aromatic carbocycles. The maximum absolute atomic E-state index is 11.3. The van der Waals surface area contributed by atoms with Gasteiger partial charge in [0.1, 0.15) is 12.5 Å². The summed E-state index contributed by atoms with van der Waals surface area (Å²) in [5.74, 6) is 0.644. The summed E-state index contributed by atoms with van der Waals surface area (Å²) in [4.78, 5) is 0. The van der Waals surface area contributed by atoms with Gasteiger partial charge in [-0.15, -0.1) is 0 Å². The monoisotopic (exact) mass is 610 g/mol. The molecular formula is C33H58O8Si. The molecule has 1 rings (SSSR count). The van der Waals surface area contributed by atoms with Gasteiger partial charge in [-0.2, -0.15) is 0 Å². The maximum atomic E-state index is 11.3. The second kappa shape index (κ2) is 19.7. The fourth-order valence-corrected chi connectivity index (χ4v) is 5.04. The lowest BCUT2D eigenvalue weighted by molar-refractivity contribution is -0.102. The molecule has 1 N–H and O–H groups in total. The smallest absolute Gasteiger partial charge is 0.192 e. The number of rotatable bonds is 21. The molecular weight excluding hydrogens is 552 g/mol. The third kappa shape index (κ3) is 13.8. The first-order valence-corrected chi connectivity index (χ1v) is 17.7. The lowest BCUT2D eigenvalue weighted by Crippen LogP contribution is -2.40. The van der Waals surface area contributed by atoms with Gasteiger partial charge in [0.2, 0.25) is 0 Å². The van der Waals surface area contributed by atoms with Crippen molar-refractivity contribution in [2.45, 2.75) is 91.0 Å². The highest BCUT2D eigenvalue weighted by molar-refractivity contribution is 6.74. The quantitative estimate of drug-likeness (QED) is 0.0728. The minimum Gasteiger partial charge on any atom is -0.497 e. The lowest BCUT2D eigenvalue weighted by atomic mass is 9.88. The van der Waals surface area contributed by atoms with Crippen LogP contribution in [0.2, 0.25) is 18.1 Å². The summed E-state index contributed by atoms with van der Waals surface area (Å²) in [6.45, 7) is 19.7. The van der Waals surface area contributed by atoms with E-state index in [1.54, 1.807) is 21.3 Å². The van der Waals surface area contributed by atoms with Crippen molar-refractivity contribution in [2.75, 3.05) is 54.5 Å². The summed E-state index contributed by atoms with van der Waals surface area (Å²) in [6, 6.07) is 7.82. The van der Waals surface area contributed by atoms with Crippen LogP contribution < -0.4 is 4.74 Å². The van der Waals surface area contributed by atoms with E-state index >= 15 is 0 Å². The summed E-state index contributed by atoms with van der Waals surface area (Å²) in [7, 11) is 3.08. The number of aliphatic hydroxyl groups excluding tert-OH is 1. The molecule has 0 amide bonds. The third-order valence-corrected chi connectivity index (χ3v) is 12.6. The van der Waals surface area contributed by atoms with Crippen LogP contribution in [0.3, 0.4) is 0 Å². The summed E-state index contributed by atoms with van der Waals surface area (Å²) >= 11 is 0. The van der Waals surface area contributed by atoms with Gasteiger partial charge in [0.05, 0.1) is 58.5 Å². The first kappa shape index (κ1) is 38.5. The first-order chi connectivity index (χ1) is 19.8. The second-order valence-electron chi connectivity index (χ2n) is 12.3. The molecule has 0 aliphatic heterocycles. The zero-order chi connectivity index (χ0) is 31.8. The van der Waals surface area contributed by atoms with Crippen molar-refractivity contribution in [1.29, 1.82) is 0 Å². The molecule has 0 bridgehead atoms. The first-order valence-electron chi connectivity index (χ1n) is 14.8. The van der Waals surface area contributed by atoms with E-state index in [1.165, 1.54) is 0 Å². The summed E-state index contributed by atoms with van der Waals surface area (Å²) < 4.78 is 40.0. The van der Waals surface area contributed by atoms with Crippen LogP contribution in [0.1, 0.15) is 53.5 Å². The van der Waals surface area contributed by atoms with Crippen LogP contribution in [0.4, 0.5) is 0 Å². The Labute approximate surface area is 256 Å². The molecule has 0 fully saturated rings. The van der Waals surface area contributed by atoms with Crippen LogP contribution >= 0.6 is 0 Å². The predicted molar refractivity (Wildman–Crippen MR) is 171 cm³/mol. The average Bonchev–Trinajstić information content (AvgIpc) is 2.94. The summed E-state index contributed by atoms with van der Waals surface area (Å²) in [5, 5.41) is 11.4. The largest absolute Gasteiger partial charge is 0.497 e. The predicted octanol–water partition coefficient (Wildman–Crippen LogP) is 6.53. The molecule has 1 aromatic rings. The standard InChI is InChI=1S/C33H58O8Si/c1-25(17-19-41-42(10,11)33(4,5)6)31(40-24-39-21-20-35-7)22-30(34)27(3)32(37-9)26(2)16-18-38-23-28-12-14-29(36-8)15-13-28/h12-17,27,30-32,34H,18-24H2,1-11H3/b25-17+,26-16+/t27-,30-,31-,32-/m0/s1. The second-order valence-corrected chi connectivity index (χ2v) is 17.1. The molecule has 0 spiro atoms. The van der Waals surface area contributed by atoms with E-state index in [-0.39, 0.29) is 30.0 Å². The highest BCUT2D eigenvalue weighted by Crippen LogP contribution is 2.36. The van der Waals surface area contributed by atoms with Crippen molar-refractivity contribution in [3.8, 4) is 5.75 Å². The number of methoxy groups -OCH3 is 3. The fourth-order valence-electron chi connectivity index (χ4n) is 4.10. The van der Waals surface area contributed by atoms with Crippen LogP contribution in [0, 0.1) is 5.92 Å². The number of hydrogen-bond acceptors (Lipinski definition) is 8. The highest BCUT2D eigenvalue weighted by atomic mass is 28.4. The molecule has 0 saturated heterocycles. The SMILES string of the molecule is COCCOCO[C@@H](C[C@H](O)[C@H](C)[C@@H](OC)/C(C)=C/COCc1ccc(OC)cc1)/C(C)=C/CO[Si](C)(C)C(C)(C)C.